The maximum absolute atomic E-state index is 13.5. The van der Waals surface area contributed by atoms with E-state index in [4.69, 9.17) is 5.73 Å². The zero-order chi connectivity index (χ0) is 37.2. The Morgan fingerprint density at radius 1 is 0.885 bits per heavy atom. The Morgan fingerprint density at radius 3 is 2.15 bits per heavy atom. The minimum absolute atomic E-state index is 0.00314. The fraction of sp³-hybridized carbons (Fsp3) is 0.326. The quantitative estimate of drug-likeness (QED) is 0.120. The van der Waals surface area contributed by atoms with E-state index in [0.29, 0.717) is 25.7 Å². The van der Waals surface area contributed by atoms with Crippen molar-refractivity contribution in [3.05, 3.63) is 132 Å². The summed E-state index contributed by atoms with van der Waals surface area (Å²) in [7, 11) is -1.82. The number of rotatable bonds is 12. The normalized spacial score (nSPS) is 18.1. The number of nitrogens with one attached hydrogen (secondary N) is 2. The summed E-state index contributed by atoms with van der Waals surface area (Å²) in [6.45, 7) is 10.4. The highest BCUT2D eigenvalue weighted by molar-refractivity contribution is 7.89. The molecule has 52 heavy (non-hydrogen) atoms. The number of halogens is 1. The summed E-state index contributed by atoms with van der Waals surface area (Å²) in [5.41, 5.74) is 14.3. The molecule has 4 N–H and O–H groups in total. The van der Waals surface area contributed by atoms with Crippen LogP contribution in [-0.2, 0) is 28.3 Å². The molecule has 1 heterocycles. The average molecular weight is 721 g/mol. The van der Waals surface area contributed by atoms with Crippen LogP contribution in [0, 0.1) is 17.7 Å². The molecule has 3 atom stereocenters. The number of aryl methyl sites for hydroxylation is 1. The fourth-order valence-corrected chi connectivity index (χ4v) is 8.58. The van der Waals surface area contributed by atoms with Crippen molar-refractivity contribution < 1.29 is 17.6 Å². The molecule has 0 radical (unpaired) electrons. The van der Waals surface area contributed by atoms with Crippen molar-refractivity contribution >= 4 is 32.4 Å². The van der Waals surface area contributed by atoms with E-state index in [0.717, 1.165) is 50.8 Å². The van der Waals surface area contributed by atoms with Gasteiger partial charge in [0.25, 0.3) is 0 Å². The standard InChI is InChI=1S/C43H49FN4O3S/c1-27(28(2)32-10-12-33(13-11-32)29(3)45)24-31-6-8-35(9-7-31)41-25-37-18-23-40(26-42(37)48(41)5)52(50,51)47-39-21-16-36(17-22-39)43(49)46-30(4)34-14-19-38(44)20-15-34/h6-15,18-20,23,25-27,29-30,36,39,47H,2,16-17,21-22,24,45H2,1,3-5H3,(H,46,49)/t27?,29-,30-,36-,39-/m1/s1. The minimum Gasteiger partial charge on any atom is -0.349 e. The lowest BCUT2D eigenvalue weighted by Gasteiger charge is -2.29. The summed E-state index contributed by atoms with van der Waals surface area (Å²) in [5, 5.41) is 3.99. The SMILES string of the molecule is C=C(c1ccc([C@@H](C)N)cc1)C(C)Cc1ccc(-c2cc3ccc(S(=O)(=O)N[C@H]4CC[C@H](C(=O)N[C@H](C)c5ccc(F)cc5)CC4)cc3n2C)cc1. The van der Waals surface area contributed by atoms with Crippen molar-refractivity contribution in [3.8, 4) is 11.3 Å². The van der Waals surface area contributed by atoms with Crippen molar-refractivity contribution in [2.75, 3.05) is 0 Å². The van der Waals surface area contributed by atoms with Crippen molar-refractivity contribution in [1.82, 2.24) is 14.6 Å². The molecular formula is C43H49FN4O3S. The van der Waals surface area contributed by atoms with Crippen molar-refractivity contribution in [3.63, 3.8) is 0 Å². The molecule has 1 amide bonds. The third-order valence-corrected chi connectivity index (χ3v) is 12.2. The third kappa shape index (κ3) is 8.38. The van der Waals surface area contributed by atoms with Gasteiger partial charge in [-0.3, -0.25) is 4.79 Å². The lowest BCUT2D eigenvalue weighted by atomic mass is 9.85. The summed E-state index contributed by atoms with van der Waals surface area (Å²) < 4.78 is 45.3. The lowest BCUT2D eigenvalue weighted by Crippen LogP contribution is -2.41. The zero-order valence-electron chi connectivity index (χ0n) is 30.4. The van der Waals surface area contributed by atoms with Crippen LogP contribution in [0.2, 0.25) is 0 Å². The highest BCUT2D eigenvalue weighted by Crippen LogP contribution is 2.32. The molecule has 1 unspecified atom stereocenters. The molecule has 1 aliphatic rings. The smallest absolute Gasteiger partial charge is 0.240 e. The first kappa shape index (κ1) is 37.2. The van der Waals surface area contributed by atoms with Crippen LogP contribution in [0.3, 0.4) is 0 Å². The van der Waals surface area contributed by atoms with E-state index in [2.05, 4.69) is 78.1 Å². The van der Waals surface area contributed by atoms with Gasteiger partial charge in [-0.05, 0) is 116 Å². The first-order chi connectivity index (χ1) is 24.8. The van der Waals surface area contributed by atoms with Gasteiger partial charge in [-0.1, -0.05) is 80.2 Å². The Hall–Kier alpha value is -4.57. The van der Waals surface area contributed by atoms with Crippen LogP contribution in [0.4, 0.5) is 4.39 Å². The number of sulfonamides is 1. The summed E-state index contributed by atoms with van der Waals surface area (Å²) in [5.74, 6) is -0.306. The number of nitrogens with zero attached hydrogens (tertiary/aromatic N) is 1. The van der Waals surface area contributed by atoms with Crippen LogP contribution >= 0.6 is 0 Å². The maximum Gasteiger partial charge on any atom is 0.240 e. The first-order valence-electron chi connectivity index (χ1n) is 18.1. The van der Waals surface area contributed by atoms with Gasteiger partial charge in [0.2, 0.25) is 15.9 Å². The minimum atomic E-state index is -3.78. The zero-order valence-corrected chi connectivity index (χ0v) is 31.2. The highest BCUT2D eigenvalue weighted by Gasteiger charge is 2.30. The molecule has 0 saturated heterocycles. The summed E-state index contributed by atoms with van der Waals surface area (Å²) in [6, 6.07) is 29.9. The molecular weight excluding hydrogens is 672 g/mol. The number of carbonyl (C=O) groups excluding carboxylic acids is 1. The van der Waals surface area contributed by atoms with E-state index < -0.39 is 10.0 Å². The molecule has 7 nitrogen and oxygen atoms in total. The molecule has 9 heteroatoms. The van der Waals surface area contributed by atoms with E-state index in [9.17, 15) is 17.6 Å². The maximum atomic E-state index is 13.5. The van der Waals surface area contributed by atoms with Crippen LogP contribution in [-0.4, -0.2) is 24.9 Å². The molecule has 1 saturated carbocycles. The van der Waals surface area contributed by atoms with Gasteiger partial charge in [0.15, 0.2) is 0 Å². The van der Waals surface area contributed by atoms with Crippen LogP contribution in [0.1, 0.15) is 80.8 Å². The Kier molecular flexibility index (Phi) is 11.1. The van der Waals surface area contributed by atoms with Crippen molar-refractivity contribution in [2.45, 2.75) is 75.9 Å². The molecule has 0 spiro atoms. The monoisotopic (exact) mass is 720 g/mol. The molecule has 5 aromatic rings. The van der Waals surface area contributed by atoms with Crippen molar-refractivity contribution in [2.24, 2.45) is 24.6 Å². The molecule has 272 valence electrons. The Labute approximate surface area is 307 Å². The number of amides is 1. The summed E-state index contributed by atoms with van der Waals surface area (Å²) in [6.07, 6.45) is 3.18. The second-order valence-corrected chi connectivity index (χ2v) is 16.2. The fourth-order valence-electron chi connectivity index (χ4n) is 7.25. The van der Waals surface area contributed by atoms with Gasteiger partial charge in [0.05, 0.1) is 10.9 Å². The van der Waals surface area contributed by atoms with Gasteiger partial charge in [0, 0.05) is 41.6 Å². The molecule has 1 aromatic heterocycles. The summed E-state index contributed by atoms with van der Waals surface area (Å²) in [4.78, 5) is 13.2. The predicted octanol–water partition coefficient (Wildman–Crippen LogP) is 8.61. The highest BCUT2D eigenvalue weighted by atomic mass is 32.2. The molecule has 0 aliphatic heterocycles. The number of allylic oxidation sites excluding steroid dienone is 1. The number of benzene rings is 4. The Balaban J connectivity index is 1.06. The largest absolute Gasteiger partial charge is 0.349 e. The topological polar surface area (TPSA) is 106 Å². The number of hydrogen-bond donors (Lipinski definition) is 3. The average Bonchev–Trinajstić information content (AvgIpc) is 3.47. The van der Waals surface area contributed by atoms with Crippen LogP contribution in [0.5, 0.6) is 0 Å². The van der Waals surface area contributed by atoms with Gasteiger partial charge in [-0.2, -0.15) is 0 Å². The Bertz CT molecular complexity index is 2150. The van der Waals surface area contributed by atoms with Gasteiger partial charge in [-0.25, -0.2) is 17.5 Å². The Morgan fingerprint density at radius 2 is 1.52 bits per heavy atom. The molecule has 0 bridgehead atoms. The molecule has 6 rings (SSSR count). The second kappa shape index (κ2) is 15.6. The van der Waals surface area contributed by atoms with Crippen molar-refractivity contribution in [1.29, 1.82) is 0 Å². The third-order valence-electron chi connectivity index (χ3n) is 10.7. The van der Waals surface area contributed by atoms with Crippen LogP contribution < -0.4 is 15.8 Å². The number of aromatic nitrogens is 1. The lowest BCUT2D eigenvalue weighted by molar-refractivity contribution is -0.126. The van der Waals surface area contributed by atoms with E-state index in [1.807, 2.05) is 31.5 Å². The molecule has 1 aliphatic carbocycles. The second-order valence-electron chi connectivity index (χ2n) is 14.5. The number of fused-ring (bicyclic) bond motifs is 1. The molecule has 4 aromatic carbocycles. The van der Waals surface area contributed by atoms with E-state index in [1.165, 1.54) is 17.7 Å². The van der Waals surface area contributed by atoms with Gasteiger partial charge in [-0.15, -0.1) is 0 Å². The van der Waals surface area contributed by atoms with Gasteiger partial charge >= 0.3 is 0 Å². The van der Waals surface area contributed by atoms with E-state index in [1.54, 1.807) is 24.3 Å². The number of hydrogen-bond acceptors (Lipinski definition) is 4. The van der Waals surface area contributed by atoms with Gasteiger partial charge < -0.3 is 15.6 Å². The van der Waals surface area contributed by atoms with E-state index >= 15 is 0 Å². The first-order valence-corrected chi connectivity index (χ1v) is 19.6. The van der Waals surface area contributed by atoms with Crippen LogP contribution in [0.15, 0.2) is 109 Å². The molecule has 1 fully saturated rings. The number of nitrogens with two attached hydrogens (primary N) is 1. The summed E-state index contributed by atoms with van der Waals surface area (Å²) >= 11 is 0. The predicted molar refractivity (Wildman–Crippen MR) is 208 cm³/mol. The van der Waals surface area contributed by atoms with Gasteiger partial charge in [0.1, 0.15) is 5.82 Å². The van der Waals surface area contributed by atoms with Crippen LogP contribution in [0.25, 0.3) is 27.7 Å². The number of carbonyl (C=O) groups is 1. The van der Waals surface area contributed by atoms with E-state index in [-0.39, 0.29) is 46.6 Å².